The molecule has 4 N–H and O–H groups in total. The highest BCUT2D eigenvalue weighted by molar-refractivity contribution is 5.79. The van der Waals surface area contributed by atoms with Crippen LogP contribution < -0.4 is 5.73 Å². The first-order chi connectivity index (χ1) is 6.04. The SMILES string of the molecule is COC[C@H](O)[C@H](O)[C@@H](OC)C(N)=O. The second-order valence-corrected chi connectivity index (χ2v) is 2.57. The number of aliphatic hydroxyl groups excluding tert-OH is 2. The predicted octanol–water partition coefficient (Wildman–Crippen LogP) is -2.15. The zero-order chi connectivity index (χ0) is 10.4. The Morgan fingerprint density at radius 1 is 1.46 bits per heavy atom. The van der Waals surface area contributed by atoms with Crippen LogP contribution in [0.2, 0.25) is 0 Å². The number of aliphatic hydroxyl groups is 2. The van der Waals surface area contributed by atoms with Crippen molar-refractivity contribution in [1.29, 1.82) is 0 Å². The van der Waals surface area contributed by atoms with Crippen molar-refractivity contribution in [3.05, 3.63) is 0 Å². The fourth-order valence-electron chi connectivity index (χ4n) is 0.895. The number of hydrogen-bond acceptors (Lipinski definition) is 5. The van der Waals surface area contributed by atoms with Gasteiger partial charge in [-0.15, -0.1) is 0 Å². The Bertz CT molecular complexity index is 163. The van der Waals surface area contributed by atoms with E-state index in [-0.39, 0.29) is 6.61 Å². The first-order valence-corrected chi connectivity index (χ1v) is 3.71. The van der Waals surface area contributed by atoms with Gasteiger partial charge in [-0.05, 0) is 0 Å². The van der Waals surface area contributed by atoms with Crippen molar-refractivity contribution in [3.63, 3.8) is 0 Å². The molecule has 0 radical (unpaired) electrons. The van der Waals surface area contributed by atoms with Crippen LogP contribution in [0.5, 0.6) is 0 Å². The summed E-state index contributed by atoms with van der Waals surface area (Å²) in [6.45, 7) is -0.0890. The zero-order valence-electron chi connectivity index (χ0n) is 7.64. The van der Waals surface area contributed by atoms with Crippen LogP contribution in [0, 0.1) is 0 Å². The first kappa shape index (κ1) is 12.3. The Morgan fingerprint density at radius 2 is 2.00 bits per heavy atom. The average molecular weight is 193 g/mol. The largest absolute Gasteiger partial charge is 0.388 e. The molecule has 1 amide bonds. The van der Waals surface area contributed by atoms with Gasteiger partial charge in [-0.1, -0.05) is 0 Å². The molecule has 0 saturated carbocycles. The molecule has 0 aliphatic heterocycles. The molecule has 0 aliphatic carbocycles. The molecule has 0 heterocycles. The number of methoxy groups -OCH3 is 2. The van der Waals surface area contributed by atoms with Gasteiger partial charge in [0, 0.05) is 14.2 Å². The highest BCUT2D eigenvalue weighted by Crippen LogP contribution is 2.03. The summed E-state index contributed by atoms with van der Waals surface area (Å²) in [7, 11) is 2.58. The maximum absolute atomic E-state index is 10.7. The Hall–Kier alpha value is -0.690. The van der Waals surface area contributed by atoms with E-state index in [1.807, 2.05) is 0 Å². The lowest BCUT2D eigenvalue weighted by molar-refractivity contribution is -0.143. The third-order valence-electron chi connectivity index (χ3n) is 1.58. The Balaban J connectivity index is 4.18. The number of hydrogen-bond donors (Lipinski definition) is 3. The maximum Gasteiger partial charge on any atom is 0.249 e. The van der Waals surface area contributed by atoms with Crippen LogP contribution in [0.3, 0.4) is 0 Å². The predicted molar refractivity (Wildman–Crippen MR) is 43.9 cm³/mol. The van der Waals surface area contributed by atoms with Crippen molar-refractivity contribution in [2.24, 2.45) is 5.73 Å². The van der Waals surface area contributed by atoms with E-state index in [4.69, 9.17) is 5.73 Å². The minimum Gasteiger partial charge on any atom is -0.388 e. The Labute approximate surface area is 76.2 Å². The molecule has 0 saturated heterocycles. The van der Waals surface area contributed by atoms with E-state index in [1.165, 1.54) is 14.2 Å². The Kier molecular flexibility index (Phi) is 5.56. The van der Waals surface area contributed by atoms with E-state index in [0.29, 0.717) is 0 Å². The number of carbonyl (C=O) groups is 1. The average Bonchev–Trinajstić information content (AvgIpc) is 2.05. The minimum absolute atomic E-state index is 0.0890. The summed E-state index contributed by atoms with van der Waals surface area (Å²) in [5.74, 6) is -0.829. The molecule has 0 aromatic carbocycles. The normalized spacial score (nSPS) is 17.8. The second kappa shape index (κ2) is 5.87. The minimum atomic E-state index is -1.37. The van der Waals surface area contributed by atoms with Crippen LogP contribution in [-0.2, 0) is 14.3 Å². The summed E-state index contributed by atoms with van der Waals surface area (Å²) >= 11 is 0. The monoisotopic (exact) mass is 193 g/mol. The van der Waals surface area contributed by atoms with Gasteiger partial charge >= 0.3 is 0 Å². The van der Waals surface area contributed by atoms with Crippen LogP contribution in [0.4, 0.5) is 0 Å². The smallest absolute Gasteiger partial charge is 0.249 e. The molecule has 0 unspecified atom stereocenters. The molecular weight excluding hydrogens is 178 g/mol. The summed E-state index contributed by atoms with van der Waals surface area (Å²) in [5, 5.41) is 18.5. The second-order valence-electron chi connectivity index (χ2n) is 2.57. The molecule has 0 bridgehead atoms. The van der Waals surface area contributed by atoms with Crippen molar-refractivity contribution in [2.45, 2.75) is 18.3 Å². The lowest BCUT2D eigenvalue weighted by Gasteiger charge is -2.22. The van der Waals surface area contributed by atoms with Crippen LogP contribution in [0.15, 0.2) is 0 Å². The molecule has 0 rings (SSSR count). The van der Waals surface area contributed by atoms with Crippen LogP contribution >= 0.6 is 0 Å². The van der Waals surface area contributed by atoms with Gasteiger partial charge in [0.25, 0.3) is 0 Å². The van der Waals surface area contributed by atoms with Crippen LogP contribution in [-0.4, -0.2) is 55.3 Å². The summed E-state index contributed by atoms with van der Waals surface area (Å²) in [6.07, 6.45) is -3.78. The molecule has 0 aliphatic rings. The standard InChI is InChI=1S/C7H15NO5/c1-12-3-4(9)5(10)6(13-2)7(8)11/h4-6,9-10H,3H2,1-2H3,(H2,8,11)/t4-,5-,6+/m0/s1. The van der Waals surface area contributed by atoms with E-state index >= 15 is 0 Å². The lowest BCUT2D eigenvalue weighted by Crippen LogP contribution is -2.47. The van der Waals surface area contributed by atoms with E-state index in [1.54, 1.807) is 0 Å². The molecular formula is C7H15NO5. The number of rotatable bonds is 6. The van der Waals surface area contributed by atoms with Crippen molar-refractivity contribution < 1.29 is 24.5 Å². The molecule has 13 heavy (non-hydrogen) atoms. The molecule has 78 valence electrons. The summed E-state index contributed by atoms with van der Waals surface area (Å²) < 4.78 is 9.18. The van der Waals surface area contributed by atoms with E-state index < -0.39 is 24.2 Å². The van der Waals surface area contributed by atoms with E-state index in [9.17, 15) is 15.0 Å². The molecule has 6 heteroatoms. The summed E-state index contributed by atoms with van der Waals surface area (Å²) in [5.41, 5.74) is 4.91. The maximum atomic E-state index is 10.7. The number of carbonyl (C=O) groups excluding carboxylic acids is 1. The molecule has 6 nitrogen and oxygen atoms in total. The van der Waals surface area contributed by atoms with Gasteiger partial charge in [-0.3, -0.25) is 4.79 Å². The van der Waals surface area contributed by atoms with E-state index in [0.717, 1.165) is 0 Å². The van der Waals surface area contributed by atoms with Gasteiger partial charge in [0.2, 0.25) is 5.91 Å². The van der Waals surface area contributed by atoms with Gasteiger partial charge < -0.3 is 25.4 Å². The van der Waals surface area contributed by atoms with Crippen LogP contribution in [0.25, 0.3) is 0 Å². The van der Waals surface area contributed by atoms with Crippen molar-refractivity contribution in [2.75, 3.05) is 20.8 Å². The Morgan fingerprint density at radius 3 is 2.31 bits per heavy atom. The van der Waals surface area contributed by atoms with Gasteiger partial charge in [0.1, 0.15) is 12.2 Å². The lowest BCUT2D eigenvalue weighted by atomic mass is 10.1. The van der Waals surface area contributed by atoms with E-state index in [2.05, 4.69) is 9.47 Å². The molecule has 0 fully saturated rings. The van der Waals surface area contributed by atoms with Gasteiger partial charge in [-0.2, -0.15) is 0 Å². The van der Waals surface area contributed by atoms with Gasteiger partial charge in [0.15, 0.2) is 6.10 Å². The molecule has 0 spiro atoms. The molecule has 3 atom stereocenters. The highest BCUT2D eigenvalue weighted by Gasteiger charge is 2.30. The number of primary amides is 1. The number of nitrogens with two attached hydrogens (primary N) is 1. The number of amides is 1. The third kappa shape index (κ3) is 3.69. The summed E-state index contributed by atoms with van der Waals surface area (Å²) in [6, 6.07) is 0. The number of ether oxygens (including phenoxy) is 2. The fourth-order valence-corrected chi connectivity index (χ4v) is 0.895. The van der Waals surface area contributed by atoms with Gasteiger partial charge in [0.05, 0.1) is 6.61 Å². The topological polar surface area (TPSA) is 102 Å². The third-order valence-corrected chi connectivity index (χ3v) is 1.58. The molecule has 0 aromatic rings. The van der Waals surface area contributed by atoms with Crippen LogP contribution in [0.1, 0.15) is 0 Å². The summed E-state index contributed by atoms with van der Waals surface area (Å²) in [4.78, 5) is 10.7. The van der Waals surface area contributed by atoms with Crippen molar-refractivity contribution >= 4 is 5.91 Å². The fraction of sp³-hybridized carbons (Fsp3) is 0.857. The van der Waals surface area contributed by atoms with Crippen molar-refractivity contribution in [1.82, 2.24) is 0 Å². The highest BCUT2D eigenvalue weighted by atomic mass is 16.5. The first-order valence-electron chi connectivity index (χ1n) is 3.71. The van der Waals surface area contributed by atoms with Gasteiger partial charge in [-0.25, -0.2) is 0 Å². The molecule has 0 aromatic heterocycles. The van der Waals surface area contributed by atoms with Crippen molar-refractivity contribution in [3.8, 4) is 0 Å². The quantitative estimate of drug-likeness (QED) is 0.446. The zero-order valence-corrected chi connectivity index (χ0v) is 7.64.